The van der Waals surface area contributed by atoms with E-state index in [9.17, 15) is 0 Å². The Balaban J connectivity index is 2.06. The molecule has 19 heavy (non-hydrogen) atoms. The molecule has 0 bridgehead atoms. The normalized spacial score (nSPS) is 10.2. The van der Waals surface area contributed by atoms with E-state index in [-0.39, 0.29) is 0 Å². The molecule has 1 aromatic carbocycles. The standard InChI is InChI=1S/C14H19N5/c1-3-4-10-19(2)13-11-15-18-14(17-13)16-12-8-6-5-7-9-12/h5-9,11H,3-4,10H2,1-2H3,(H,16,17,18). The first-order valence-electron chi connectivity index (χ1n) is 6.52. The lowest BCUT2D eigenvalue weighted by Gasteiger charge is -2.17. The highest BCUT2D eigenvalue weighted by Gasteiger charge is 2.05. The minimum absolute atomic E-state index is 0.520. The zero-order valence-electron chi connectivity index (χ0n) is 11.4. The maximum Gasteiger partial charge on any atom is 0.249 e. The SMILES string of the molecule is CCCCN(C)c1cnnc(Nc2ccccc2)n1. The second kappa shape index (κ2) is 6.68. The Morgan fingerprint density at radius 1 is 1.21 bits per heavy atom. The van der Waals surface area contributed by atoms with E-state index in [2.05, 4.69) is 32.3 Å². The van der Waals surface area contributed by atoms with Crippen molar-refractivity contribution in [3.8, 4) is 0 Å². The summed E-state index contributed by atoms with van der Waals surface area (Å²) >= 11 is 0. The molecule has 2 rings (SSSR count). The summed E-state index contributed by atoms with van der Waals surface area (Å²) in [7, 11) is 2.02. The topological polar surface area (TPSA) is 53.9 Å². The number of anilines is 3. The Bertz CT molecular complexity index is 500. The van der Waals surface area contributed by atoms with Crippen molar-refractivity contribution >= 4 is 17.5 Å². The third-order valence-corrected chi connectivity index (χ3v) is 2.81. The highest BCUT2D eigenvalue weighted by molar-refractivity contribution is 5.53. The summed E-state index contributed by atoms with van der Waals surface area (Å²) in [5, 5.41) is 11.1. The zero-order chi connectivity index (χ0) is 13.5. The molecule has 0 aliphatic rings. The number of para-hydroxylation sites is 1. The van der Waals surface area contributed by atoms with Gasteiger partial charge in [0, 0.05) is 19.3 Å². The van der Waals surface area contributed by atoms with E-state index in [0.717, 1.165) is 30.9 Å². The average molecular weight is 257 g/mol. The molecule has 0 unspecified atom stereocenters. The lowest BCUT2D eigenvalue weighted by Crippen LogP contribution is -2.20. The molecular formula is C14H19N5. The van der Waals surface area contributed by atoms with Gasteiger partial charge in [-0.25, -0.2) is 0 Å². The van der Waals surface area contributed by atoms with E-state index in [0.29, 0.717) is 5.95 Å². The summed E-state index contributed by atoms with van der Waals surface area (Å²) in [6, 6.07) is 9.84. The van der Waals surface area contributed by atoms with Crippen LogP contribution in [0, 0.1) is 0 Å². The van der Waals surface area contributed by atoms with E-state index in [4.69, 9.17) is 0 Å². The number of hydrogen-bond acceptors (Lipinski definition) is 5. The molecule has 2 aromatic rings. The predicted molar refractivity (Wildman–Crippen MR) is 77.7 cm³/mol. The fourth-order valence-electron chi connectivity index (χ4n) is 1.69. The smallest absolute Gasteiger partial charge is 0.249 e. The molecule has 1 N–H and O–H groups in total. The molecule has 0 radical (unpaired) electrons. The second-order valence-corrected chi connectivity index (χ2v) is 4.40. The minimum Gasteiger partial charge on any atom is -0.358 e. The summed E-state index contributed by atoms with van der Waals surface area (Å²) in [6.45, 7) is 3.15. The summed E-state index contributed by atoms with van der Waals surface area (Å²) in [6.07, 6.45) is 3.99. The Morgan fingerprint density at radius 2 is 2.00 bits per heavy atom. The average Bonchev–Trinajstić information content (AvgIpc) is 2.46. The van der Waals surface area contributed by atoms with Crippen molar-refractivity contribution in [1.82, 2.24) is 15.2 Å². The Hall–Kier alpha value is -2.17. The number of unbranched alkanes of at least 4 members (excludes halogenated alkanes) is 1. The molecule has 5 heteroatoms. The van der Waals surface area contributed by atoms with Crippen molar-refractivity contribution in [2.24, 2.45) is 0 Å². The third kappa shape index (κ3) is 3.91. The van der Waals surface area contributed by atoms with Crippen LogP contribution in [0.1, 0.15) is 19.8 Å². The molecule has 5 nitrogen and oxygen atoms in total. The largest absolute Gasteiger partial charge is 0.358 e. The lowest BCUT2D eigenvalue weighted by molar-refractivity contribution is 0.754. The van der Waals surface area contributed by atoms with Crippen LogP contribution >= 0.6 is 0 Å². The molecule has 0 aliphatic carbocycles. The first-order valence-corrected chi connectivity index (χ1v) is 6.52. The number of rotatable bonds is 6. The fraction of sp³-hybridized carbons (Fsp3) is 0.357. The summed E-state index contributed by atoms with van der Waals surface area (Å²) < 4.78 is 0. The van der Waals surface area contributed by atoms with Gasteiger partial charge in [-0.05, 0) is 18.6 Å². The van der Waals surface area contributed by atoms with Gasteiger partial charge < -0.3 is 10.2 Å². The van der Waals surface area contributed by atoms with Crippen LogP contribution in [-0.4, -0.2) is 28.8 Å². The van der Waals surface area contributed by atoms with Crippen LogP contribution in [0.15, 0.2) is 36.5 Å². The molecular weight excluding hydrogens is 238 g/mol. The highest BCUT2D eigenvalue weighted by Crippen LogP contribution is 2.14. The molecule has 1 heterocycles. The van der Waals surface area contributed by atoms with Gasteiger partial charge in [0.2, 0.25) is 5.95 Å². The molecule has 0 saturated carbocycles. The van der Waals surface area contributed by atoms with E-state index in [1.54, 1.807) is 6.20 Å². The van der Waals surface area contributed by atoms with Gasteiger partial charge in [0.1, 0.15) is 0 Å². The Kier molecular flexibility index (Phi) is 4.66. The van der Waals surface area contributed by atoms with Gasteiger partial charge in [0.05, 0.1) is 6.20 Å². The zero-order valence-corrected chi connectivity index (χ0v) is 11.4. The molecule has 0 fully saturated rings. The van der Waals surface area contributed by atoms with Crippen molar-refractivity contribution in [2.45, 2.75) is 19.8 Å². The minimum atomic E-state index is 0.520. The molecule has 0 aliphatic heterocycles. The number of hydrogen-bond donors (Lipinski definition) is 1. The van der Waals surface area contributed by atoms with E-state index < -0.39 is 0 Å². The first kappa shape index (κ1) is 13.3. The maximum atomic E-state index is 4.46. The van der Waals surface area contributed by atoms with Gasteiger partial charge in [-0.2, -0.15) is 10.1 Å². The van der Waals surface area contributed by atoms with Crippen LogP contribution in [0.3, 0.4) is 0 Å². The number of aromatic nitrogens is 3. The highest BCUT2D eigenvalue weighted by atomic mass is 15.3. The third-order valence-electron chi connectivity index (χ3n) is 2.81. The quantitative estimate of drug-likeness (QED) is 0.862. The van der Waals surface area contributed by atoms with Gasteiger partial charge in [0.25, 0.3) is 0 Å². The van der Waals surface area contributed by atoms with E-state index in [1.807, 2.05) is 37.4 Å². The monoisotopic (exact) mass is 257 g/mol. The van der Waals surface area contributed by atoms with Crippen molar-refractivity contribution in [3.63, 3.8) is 0 Å². The second-order valence-electron chi connectivity index (χ2n) is 4.40. The van der Waals surface area contributed by atoms with Crippen LogP contribution in [0.5, 0.6) is 0 Å². The predicted octanol–water partition coefficient (Wildman–Crippen LogP) is 2.85. The van der Waals surface area contributed by atoms with Gasteiger partial charge in [-0.15, -0.1) is 5.10 Å². The number of nitrogens with one attached hydrogen (secondary N) is 1. The summed E-state index contributed by atoms with van der Waals surface area (Å²) in [5.74, 6) is 1.36. The Morgan fingerprint density at radius 3 is 2.74 bits per heavy atom. The van der Waals surface area contributed by atoms with Gasteiger partial charge in [0.15, 0.2) is 5.82 Å². The van der Waals surface area contributed by atoms with Crippen molar-refractivity contribution in [2.75, 3.05) is 23.8 Å². The Labute approximate surface area is 113 Å². The molecule has 1 aromatic heterocycles. The fourth-order valence-corrected chi connectivity index (χ4v) is 1.69. The maximum absolute atomic E-state index is 4.46. The van der Waals surface area contributed by atoms with Crippen LogP contribution < -0.4 is 10.2 Å². The number of nitrogens with zero attached hydrogens (tertiary/aromatic N) is 4. The van der Waals surface area contributed by atoms with Crippen LogP contribution in [0.2, 0.25) is 0 Å². The van der Waals surface area contributed by atoms with Crippen LogP contribution in [0.25, 0.3) is 0 Å². The van der Waals surface area contributed by atoms with Crippen molar-refractivity contribution in [3.05, 3.63) is 36.5 Å². The summed E-state index contributed by atoms with van der Waals surface area (Å²) in [5.41, 5.74) is 0.956. The van der Waals surface area contributed by atoms with E-state index >= 15 is 0 Å². The van der Waals surface area contributed by atoms with Crippen LogP contribution in [-0.2, 0) is 0 Å². The van der Waals surface area contributed by atoms with Crippen molar-refractivity contribution in [1.29, 1.82) is 0 Å². The molecule has 100 valence electrons. The van der Waals surface area contributed by atoms with Gasteiger partial charge >= 0.3 is 0 Å². The van der Waals surface area contributed by atoms with Gasteiger partial charge in [-0.1, -0.05) is 31.5 Å². The van der Waals surface area contributed by atoms with E-state index in [1.165, 1.54) is 0 Å². The first-order chi connectivity index (χ1) is 9.29. The lowest BCUT2D eigenvalue weighted by atomic mass is 10.3. The van der Waals surface area contributed by atoms with Crippen molar-refractivity contribution < 1.29 is 0 Å². The molecule has 0 spiro atoms. The summed E-state index contributed by atoms with van der Waals surface area (Å²) in [4.78, 5) is 6.55. The molecule has 0 atom stereocenters. The van der Waals surface area contributed by atoms with Gasteiger partial charge in [-0.3, -0.25) is 0 Å². The van der Waals surface area contributed by atoms with Crippen LogP contribution in [0.4, 0.5) is 17.5 Å². The number of benzene rings is 1. The molecule has 0 amide bonds. The molecule has 0 saturated heterocycles.